The summed E-state index contributed by atoms with van der Waals surface area (Å²) in [5.74, 6) is -0.515. The van der Waals surface area contributed by atoms with Crippen molar-refractivity contribution in [2.24, 2.45) is 5.10 Å². The predicted octanol–water partition coefficient (Wildman–Crippen LogP) is 5.63. The van der Waals surface area contributed by atoms with Crippen LogP contribution in [-0.2, 0) is 19.6 Å². The first-order chi connectivity index (χ1) is 20.5. The molecule has 0 fully saturated rings. The number of anilines is 2. The molecule has 0 saturated carbocycles. The summed E-state index contributed by atoms with van der Waals surface area (Å²) in [6.07, 6.45) is 1.42. The molecule has 0 radical (unpaired) electrons. The summed E-state index contributed by atoms with van der Waals surface area (Å²) < 4.78 is 33.9. The van der Waals surface area contributed by atoms with Crippen LogP contribution in [0, 0.1) is 20.8 Å². The minimum Gasteiger partial charge on any atom is -0.484 e. The Morgan fingerprint density at radius 1 is 0.884 bits per heavy atom. The first kappa shape index (κ1) is 31.3. The Hall–Kier alpha value is -4.67. The van der Waals surface area contributed by atoms with E-state index in [1.165, 1.54) is 18.3 Å². The van der Waals surface area contributed by atoms with Gasteiger partial charge in [-0.3, -0.25) is 13.9 Å². The molecule has 11 heteroatoms. The third-order valence-electron chi connectivity index (χ3n) is 6.54. The molecule has 0 heterocycles. The second-order valence-electron chi connectivity index (χ2n) is 9.72. The molecule has 0 aromatic heterocycles. The van der Waals surface area contributed by atoms with E-state index < -0.39 is 22.5 Å². The molecule has 43 heavy (non-hydrogen) atoms. The third kappa shape index (κ3) is 8.21. The number of ether oxygens (including phenoxy) is 1. The lowest BCUT2D eigenvalue weighted by atomic mass is 10.1. The molecule has 222 valence electrons. The molecule has 2 amide bonds. The van der Waals surface area contributed by atoms with Gasteiger partial charge in [-0.05, 0) is 92.1 Å². The molecule has 0 bridgehead atoms. The lowest BCUT2D eigenvalue weighted by Crippen LogP contribution is -2.40. The highest BCUT2D eigenvalue weighted by Crippen LogP contribution is 2.28. The van der Waals surface area contributed by atoms with Crippen LogP contribution in [0.15, 0.2) is 101 Å². The van der Waals surface area contributed by atoms with Gasteiger partial charge in [0.05, 0.1) is 27.5 Å². The molecule has 0 spiro atoms. The number of carbonyl (C=O) groups excluding carboxylic acids is 2. The van der Waals surface area contributed by atoms with Crippen molar-refractivity contribution in [3.63, 3.8) is 0 Å². The summed E-state index contributed by atoms with van der Waals surface area (Å²) in [5.41, 5.74) is 6.53. The fraction of sp³-hybridized carbons (Fsp3) is 0.156. The van der Waals surface area contributed by atoms with Gasteiger partial charge in [0, 0.05) is 0 Å². The number of sulfonamides is 1. The number of benzene rings is 4. The van der Waals surface area contributed by atoms with Crippen LogP contribution in [-0.4, -0.2) is 39.6 Å². The average Bonchev–Trinajstić information content (AvgIpc) is 2.98. The van der Waals surface area contributed by atoms with Crippen molar-refractivity contribution in [1.29, 1.82) is 0 Å². The zero-order chi connectivity index (χ0) is 31.0. The fourth-order valence-electron chi connectivity index (χ4n) is 4.04. The van der Waals surface area contributed by atoms with E-state index >= 15 is 0 Å². The Bertz CT molecular complexity index is 1740. The standard InChI is InChI=1S/C32H31ClN4O5S/c1-22-11-17-27(18-12-22)43(40,41)37(30-10-6-7-23(2)24(30)3)20-31(38)36-34-19-25-13-15-26(16-14-25)42-21-32(39)35-29-9-5-4-8-28(29)33/h4-19H,20-21H2,1-3H3,(H,35,39)(H,36,38)/b34-19-. The molecule has 0 atom stereocenters. The summed E-state index contributed by atoms with van der Waals surface area (Å²) in [6, 6.07) is 25.4. The summed E-state index contributed by atoms with van der Waals surface area (Å²) in [4.78, 5) is 25.2. The van der Waals surface area contributed by atoms with E-state index in [1.807, 2.05) is 26.8 Å². The molecule has 4 aromatic rings. The van der Waals surface area contributed by atoms with Crippen molar-refractivity contribution in [3.05, 3.63) is 118 Å². The zero-order valence-electron chi connectivity index (χ0n) is 23.9. The maximum atomic E-state index is 13.6. The van der Waals surface area contributed by atoms with Gasteiger partial charge in [-0.25, -0.2) is 13.8 Å². The number of nitrogens with one attached hydrogen (secondary N) is 2. The number of aryl methyl sites for hydroxylation is 2. The normalized spacial score (nSPS) is 11.3. The molecule has 0 unspecified atom stereocenters. The molecule has 0 aliphatic rings. The lowest BCUT2D eigenvalue weighted by Gasteiger charge is -2.26. The summed E-state index contributed by atoms with van der Waals surface area (Å²) in [6.45, 7) is 4.88. The van der Waals surface area contributed by atoms with E-state index in [2.05, 4.69) is 15.8 Å². The molecular weight excluding hydrogens is 588 g/mol. The van der Waals surface area contributed by atoms with Gasteiger partial charge >= 0.3 is 0 Å². The minimum absolute atomic E-state index is 0.0824. The van der Waals surface area contributed by atoms with Crippen LogP contribution >= 0.6 is 11.6 Å². The molecule has 2 N–H and O–H groups in total. The molecule has 4 aromatic carbocycles. The van der Waals surface area contributed by atoms with Crippen molar-refractivity contribution in [1.82, 2.24) is 5.43 Å². The summed E-state index contributed by atoms with van der Waals surface area (Å²) in [7, 11) is -4.05. The summed E-state index contributed by atoms with van der Waals surface area (Å²) in [5, 5.41) is 7.10. The molecule has 0 saturated heterocycles. The maximum Gasteiger partial charge on any atom is 0.264 e. The minimum atomic E-state index is -4.05. The van der Waals surface area contributed by atoms with Gasteiger partial charge in [-0.15, -0.1) is 0 Å². The smallest absolute Gasteiger partial charge is 0.264 e. The van der Waals surface area contributed by atoms with Gasteiger partial charge in [0.25, 0.3) is 21.8 Å². The van der Waals surface area contributed by atoms with E-state index in [-0.39, 0.29) is 17.4 Å². The second-order valence-corrected chi connectivity index (χ2v) is 12.0. The van der Waals surface area contributed by atoms with Gasteiger partial charge in [-0.1, -0.05) is 53.6 Å². The maximum absolute atomic E-state index is 13.6. The van der Waals surface area contributed by atoms with Crippen molar-refractivity contribution in [2.75, 3.05) is 22.8 Å². The number of halogens is 1. The van der Waals surface area contributed by atoms with E-state index in [1.54, 1.807) is 72.8 Å². The number of hydrogen-bond donors (Lipinski definition) is 2. The number of hydrazone groups is 1. The van der Waals surface area contributed by atoms with Crippen LogP contribution in [0.4, 0.5) is 11.4 Å². The van der Waals surface area contributed by atoms with Crippen LogP contribution in [0.2, 0.25) is 5.02 Å². The van der Waals surface area contributed by atoms with Crippen LogP contribution in [0.1, 0.15) is 22.3 Å². The van der Waals surface area contributed by atoms with E-state index in [9.17, 15) is 18.0 Å². The van der Waals surface area contributed by atoms with Gasteiger partial charge in [0.2, 0.25) is 0 Å². The Morgan fingerprint density at radius 3 is 2.28 bits per heavy atom. The van der Waals surface area contributed by atoms with Crippen LogP contribution < -0.4 is 19.8 Å². The number of carbonyl (C=O) groups is 2. The van der Waals surface area contributed by atoms with Gasteiger partial charge < -0.3 is 10.1 Å². The number of rotatable bonds is 11. The number of nitrogens with zero attached hydrogens (tertiary/aromatic N) is 2. The van der Waals surface area contributed by atoms with E-state index in [0.29, 0.717) is 27.7 Å². The predicted molar refractivity (Wildman–Crippen MR) is 169 cm³/mol. The molecule has 9 nitrogen and oxygen atoms in total. The van der Waals surface area contributed by atoms with E-state index in [0.717, 1.165) is 21.0 Å². The Balaban J connectivity index is 1.38. The number of hydrogen-bond acceptors (Lipinski definition) is 6. The van der Waals surface area contributed by atoms with Crippen molar-refractivity contribution in [2.45, 2.75) is 25.7 Å². The van der Waals surface area contributed by atoms with Crippen molar-refractivity contribution >= 4 is 51.0 Å². The van der Waals surface area contributed by atoms with Crippen LogP contribution in [0.25, 0.3) is 0 Å². The third-order valence-corrected chi connectivity index (χ3v) is 8.65. The Labute approximate surface area is 256 Å². The first-order valence-corrected chi connectivity index (χ1v) is 15.1. The molecular formula is C32H31ClN4O5S. The highest BCUT2D eigenvalue weighted by atomic mass is 35.5. The van der Waals surface area contributed by atoms with Gasteiger partial charge in [0.15, 0.2) is 6.61 Å². The zero-order valence-corrected chi connectivity index (χ0v) is 25.4. The second kappa shape index (κ2) is 14.0. The Kier molecular flexibility index (Phi) is 10.2. The Morgan fingerprint density at radius 2 is 1.58 bits per heavy atom. The fourth-order valence-corrected chi connectivity index (χ4v) is 5.70. The number of amides is 2. The van der Waals surface area contributed by atoms with Gasteiger partial charge in [0.1, 0.15) is 12.3 Å². The largest absolute Gasteiger partial charge is 0.484 e. The molecule has 4 rings (SSSR count). The van der Waals surface area contributed by atoms with Crippen molar-refractivity contribution in [3.8, 4) is 5.75 Å². The van der Waals surface area contributed by atoms with Crippen LogP contribution in [0.3, 0.4) is 0 Å². The molecule has 0 aliphatic carbocycles. The topological polar surface area (TPSA) is 117 Å². The lowest BCUT2D eigenvalue weighted by molar-refractivity contribution is -0.119. The van der Waals surface area contributed by atoms with Crippen molar-refractivity contribution < 1.29 is 22.7 Å². The monoisotopic (exact) mass is 618 g/mol. The molecule has 0 aliphatic heterocycles. The van der Waals surface area contributed by atoms with Crippen LogP contribution in [0.5, 0.6) is 5.75 Å². The summed E-state index contributed by atoms with van der Waals surface area (Å²) >= 11 is 6.06. The highest BCUT2D eigenvalue weighted by molar-refractivity contribution is 7.92. The SMILES string of the molecule is Cc1ccc(S(=O)(=O)N(CC(=O)N/N=C\c2ccc(OCC(=O)Nc3ccccc3Cl)cc2)c2cccc(C)c2C)cc1. The highest BCUT2D eigenvalue weighted by Gasteiger charge is 2.28. The number of para-hydroxylation sites is 1. The average molecular weight is 619 g/mol. The van der Waals surface area contributed by atoms with E-state index in [4.69, 9.17) is 16.3 Å². The first-order valence-electron chi connectivity index (χ1n) is 13.3. The van der Waals surface area contributed by atoms with Gasteiger partial charge in [-0.2, -0.15) is 5.10 Å². The quantitative estimate of drug-likeness (QED) is 0.167.